The number of carbonyl (C=O) groups is 1. The maximum atomic E-state index is 12.6. The van der Waals surface area contributed by atoms with E-state index in [9.17, 15) is 4.79 Å². The first-order valence-corrected chi connectivity index (χ1v) is 8.74. The second kappa shape index (κ2) is 6.63. The third-order valence-electron chi connectivity index (χ3n) is 4.90. The average Bonchev–Trinajstić information content (AvgIpc) is 3.10. The molecule has 0 saturated carbocycles. The third-order valence-corrected chi connectivity index (χ3v) is 4.90. The van der Waals surface area contributed by atoms with E-state index in [1.54, 1.807) is 6.20 Å². The van der Waals surface area contributed by atoms with E-state index in [2.05, 4.69) is 22.1 Å². The fourth-order valence-corrected chi connectivity index (χ4v) is 3.52. The lowest BCUT2D eigenvalue weighted by Gasteiger charge is -2.16. The lowest BCUT2D eigenvalue weighted by Crippen LogP contribution is -2.29. The molecule has 1 amide bonds. The van der Waals surface area contributed by atoms with Gasteiger partial charge in [0.05, 0.1) is 11.1 Å². The summed E-state index contributed by atoms with van der Waals surface area (Å²) in [6, 6.07) is 14.2. The maximum absolute atomic E-state index is 12.6. The van der Waals surface area contributed by atoms with Crippen LogP contribution >= 0.6 is 0 Å². The van der Waals surface area contributed by atoms with Crippen molar-refractivity contribution in [3.8, 4) is 0 Å². The summed E-state index contributed by atoms with van der Waals surface area (Å²) in [6.45, 7) is 3.55. The Kier molecular flexibility index (Phi) is 4.18. The molecule has 0 N–H and O–H groups in total. The number of aromatic nitrogens is 2. The highest BCUT2D eigenvalue weighted by atomic mass is 16.2. The van der Waals surface area contributed by atoms with Gasteiger partial charge in [0.15, 0.2) is 0 Å². The maximum Gasteiger partial charge on any atom is 0.255 e. The van der Waals surface area contributed by atoms with Crippen molar-refractivity contribution in [3.05, 3.63) is 71.7 Å². The van der Waals surface area contributed by atoms with Gasteiger partial charge in [-0.3, -0.25) is 14.8 Å². The third kappa shape index (κ3) is 3.38. The van der Waals surface area contributed by atoms with Gasteiger partial charge in [-0.05, 0) is 55.5 Å². The molecule has 2 aromatic heterocycles. The highest BCUT2D eigenvalue weighted by Crippen LogP contribution is 2.23. The normalized spacial score (nSPS) is 17.2. The van der Waals surface area contributed by atoms with Crippen LogP contribution in [0, 0.1) is 12.8 Å². The Hall–Kier alpha value is -2.75. The lowest BCUT2D eigenvalue weighted by atomic mass is 9.99. The standard InChI is InChI=1S/C21H21N3O/c1-15-6-7-19(13-22-15)21(25)24-9-8-16(14-24)10-17-11-18-4-2-3-5-20(18)23-12-17/h2-7,11-13,16H,8-10,14H2,1H3/t16-/m0/s1. The lowest BCUT2D eigenvalue weighted by molar-refractivity contribution is 0.0786. The predicted octanol–water partition coefficient (Wildman–Crippen LogP) is 3.64. The van der Waals surface area contributed by atoms with E-state index >= 15 is 0 Å². The predicted molar refractivity (Wildman–Crippen MR) is 98.4 cm³/mol. The molecule has 4 rings (SSSR count). The molecular weight excluding hydrogens is 310 g/mol. The second-order valence-electron chi connectivity index (χ2n) is 6.83. The molecule has 1 aromatic carbocycles. The number of benzene rings is 1. The first-order chi connectivity index (χ1) is 12.2. The van der Waals surface area contributed by atoms with Crippen LogP contribution in [0.2, 0.25) is 0 Å². The summed E-state index contributed by atoms with van der Waals surface area (Å²) in [4.78, 5) is 23.3. The molecule has 3 heterocycles. The van der Waals surface area contributed by atoms with E-state index in [4.69, 9.17) is 0 Å². The Labute approximate surface area is 147 Å². The molecule has 1 fully saturated rings. The molecule has 25 heavy (non-hydrogen) atoms. The second-order valence-corrected chi connectivity index (χ2v) is 6.83. The molecule has 126 valence electrons. The molecule has 1 atom stereocenters. The highest BCUT2D eigenvalue weighted by molar-refractivity contribution is 5.94. The quantitative estimate of drug-likeness (QED) is 0.736. The van der Waals surface area contributed by atoms with E-state index < -0.39 is 0 Å². The molecule has 0 bridgehead atoms. The number of nitrogens with zero attached hydrogens (tertiary/aromatic N) is 3. The zero-order valence-corrected chi connectivity index (χ0v) is 14.4. The summed E-state index contributed by atoms with van der Waals surface area (Å²) in [7, 11) is 0. The fraction of sp³-hybridized carbons (Fsp3) is 0.286. The zero-order valence-electron chi connectivity index (χ0n) is 14.4. The summed E-state index contributed by atoms with van der Waals surface area (Å²) in [5.41, 5.74) is 3.88. The SMILES string of the molecule is Cc1ccc(C(=O)N2CC[C@@H](Cc3cnc4ccccc4c3)C2)cn1. The van der Waals surface area contributed by atoms with Crippen molar-refractivity contribution in [1.29, 1.82) is 0 Å². The van der Waals surface area contributed by atoms with Crippen LogP contribution in [-0.4, -0.2) is 33.9 Å². The summed E-state index contributed by atoms with van der Waals surface area (Å²) < 4.78 is 0. The van der Waals surface area contributed by atoms with Gasteiger partial charge in [-0.2, -0.15) is 0 Å². The number of rotatable bonds is 3. The molecule has 1 saturated heterocycles. The van der Waals surface area contributed by atoms with Gasteiger partial charge in [0.2, 0.25) is 0 Å². The van der Waals surface area contributed by atoms with E-state index in [0.717, 1.165) is 37.1 Å². The van der Waals surface area contributed by atoms with E-state index in [0.29, 0.717) is 11.5 Å². The molecule has 3 aromatic rings. The summed E-state index contributed by atoms with van der Waals surface area (Å²) in [5.74, 6) is 0.581. The van der Waals surface area contributed by atoms with Crippen LogP contribution in [0.15, 0.2) is 54.9 Å². The minimum absolute atomic E-state index is 0.0895. The van der Waals surface area contributed by atoms with Crippen molar-refractivity contribution in [1.82, 2.24) is 14.9 Å². The van der Waals surface area contributed by atoms with Gasteiger partial charge in [0.1, 0.15) is 0 Å². The van der Waals surface area contributed by atoms with Gasteiger partial charge >= 0.3 is 0 Å². The van der Waals surface area contributed by atoms with Gasteiger partial charge < -0.3 is 4.90 Å². The number of pyridine rings is 2. The van der Waals surface area contributed by atoms with Crippen LogP contribution in [0.4, 0.5) is 0 Å². The van der Waals surface area contributed by atoms with Crippen molar-refractivity contribution in [2.45, 2.75) is 19.8 Å². The number of hydrogen-bond donors (Lipinski definition) is 0. The fourth-order valence-electron chi connectivity index (χ4n) is 3.52. The van der Waals surface area contributed by atoms with Gasteiger partial charge in [-0.15, -0.1) is 0 Å². The van der Waals surface area contributed by atoms with Gasteiger partial charge in [0.25, 0.3) is 5.91 Å². The molecule has 4 nitrogen and oxygen atoms in total. The molecule has 0 radical (unpaired) electrons. The zero-order chi connectivity index (χ0) is 17.2. The summed E-state index contributed by atoms with van der Waals surface area (Å²) >= 11 is 0. The molecule has 0 aliphatic carbocycles. The highest BCUT2D eigenvalue weighted by Gasteiger charge is 2.27. The number of para-hydroxylation sites is 1. The van der Waals surface area contributed by atoms with Crippen molar-refractivity contribution >= 4 is 16.8 Å². The minimum atomic E-state index is 0.0895. The van der Waals surface area contributed by atoms with Crippen molar-refractivity contribution in [3.63, 3.8) is 0 Å². The summed E-state index contributed by atoms with van der Waals surface area (Å²) in [5, 5.41) is 1.18. The number of likely N-dealkylation sites (tertiary alicyclic amines) is 1. The van der Waals surface area contributed by atoms with Gasteiger partial charge in [-0.1, -0.05) is 18.2 Å². The monoisotopic (exact) mass is 331 g/mol. The van der Waals surface area contributed by atoms with Crippen LogP contribution in [0.5, 0.6) is 0 Å². The molecule has 0 spiro atoms. The van der Waals surface area contributed by atoms with Crippen molar-refractivity contribution in [2.75, 3.05) is 13.1 Å². The molecule has 4 heteroatoms. The van der Waals surface area contributed by atoms with Crippen LogP contribution < -0.4 is 0 Å². The van der Waals surface area contributed by atoms with Gasteiger partial charge in [0, 0.05) is 36.6 Å². The molecule has 1 aliphatic rings. The topological polar surface area (TPSA) is 46.1 Å². The Morgan fingerprint density at radius 2 is 2.04 bits per heavy atom. The molecular formula is C21H21N3O. The van der Waals surface area contributed by atoms with Crippen LogP contribution in [0.1, 0.15) is 28.0 Å². The Balaban J connectivity index is 1.43. The van der Waals surface area contributed by atoms with E-state index in [-0.39, 0.29) is 5.91 Å². The van der Waals surface area contributed by atoms with Gasteiger partial charge in [-0.25, -0.2) is 0 Å². The number of hydrogen-bond acceptors (Lipinski definition) is 3. The number of aryl methyl sites for hydroxylation is 1. The summed E-state index contributed by atoms with van der Waals surface area (Å²) in [6.07, 6.45) is 5.65. The minimum Gasteiger partial charge on any atom is -0.338 e. The first kappa shape index (κ1) is 15.8. The van der Waals surface area contributed by atoms with Crippen molar-refractivity contribution < 1.29 is 4.79 Å². The van der Waals surface area contributed by atoms with Crippen LogP contribution in [-0.2, 0) is 6.42 Å². The number of amides is 1. The number of fused-ring (bicyclic) bond motifs is 1. The smallest absolute Gasteiger partial charge is 0.255 e. The molecule has 1 aliphatic heterocycles. The first-order valence-electron chi connectivity index (χ1n) is 8.74. The largest absolute Gasteiger partial charge is 0.338 e. The Bertz CT molecular complexity index is 904. The average molecular weight is 331 g/mol. The Morgan fingerprint density at radius 1 is 1.16 bits per heavy atom. The van der Waals surface area contributed by atoms with E-state index in [1.807, 2.05) is 48.4 Å². The van der Waals surface area contributed by atoms with Crippen LogP contribution in [0.3, 0.4) is 0 Å². The Morgan fingerprint density at radius 3 is 2.88 bits per heavy atom. The molecule has 0 unspecified atom stereocenters. The number of carbonyl (C=O) groups excluding carboxylic acids is 1. The van der Waals surface area contributed by atoms with Crippen LogP contribution in [0.25, 0.3) is 10.9 Å². The van der Waals surface area contributed by atoms with E-state index in [1.165, 1.54) is 10.9 Å². The van der Waals surface area contributed by atoms with Crippen molar-refractivity contribution in [2.24, 2.45) is 5.92 Å².